The molecule has 0 radical (unpaired) electrons. The number of anilines is 1. The van der Waals surface area contributed by atoms with Crippen LogP contribution in [0.5, 0.6) is 0 Å². The molecule has 2 aliphatic carbocycles. The summed E-state index contributed by atoms with van der Waals surface area (Å²) >= 11 is 12.0. The number of hydrogen-bond donors (Lipinski definition) is 2. The Bertz CT molecular complexity index is 1130. The molecule has 0 unspecified atom stereocenters. The van der Waals surface area contributed by atoms with Gasteiger partial charge in [0.25, 0.3) is 5.91 Å². The number of benzene rings is 1. The van der Waals surface area contributed by atoms with E-state index in [9.17, 15) is 19.5 Å². The monoisotopic (exact) mass is 471 g/mol. The van der Waals surface area contributed by atoms with Crippen LogP contribution in [0.15, 0.2) is 53.8 Å². The highest BCUT2D eigenvalue weighted by Gasteiger charge is 2.52. The number of carboxylic acid groups (broad SMARTS) is 1. The van der Waals surface area contributed by atoms with Gasteiger partial charge in [-0.15, -0.1) is 0 Å². The van der Waals surface area contributed by atoms with Gasteiger partial charge in [0.1, 0.15) is 0 Å². The molecule has 1 spiro atoms. The molecule has 2 N–H and O–H groups in total. The fourth-order valence-corrected chi connectivity index (χ4v) is 4.51. The zero-order chi connectivity index (χ0) is 22.9. The van der Waals surface area contributed by atoms with Crippen LogP contribution >= 0.6 is 23.2 Å². The number of aliphatic imine (C=N–C) groups is 1. The highest BCUT2D eigenvalue weighted by Crippen LogP contribution is 2.45. The van der Waals surface area contributed by atoms with E-state index in [1.54, 1.807) is 24.3 Å². The number of amides is 1. The van der Waals surface area contributed by atoms with Crippen molar-refractivity contribution in [2.75, 3.05) is 5.32 Å². The lowest BCUT2D eigenvalue weighted by Gasteiger charge is -2.38. The van der Waals surface area contributed by atoms with Crippen molar-refractivity contribution in [2.45, 2.75) is 31.7 Å². The maximum absolute atomic E-state index is 12.5. The summed E-state index contributed by atoms with van der Waals surface area (Å²) in [4.78, 5) is 44.7. The quantitative estimate of drug-likeness (QED) is 0.607. The molecular formula is C23H19Cl2N3O4. The van der Waals surface area contributed by atoms with E-state index in [0.29, 0.717) is 24.2 Å². The van der Waals surface area contributed by atoms with E-state index >= 15 is 0 Å². The molecule has 7 nitrogen and oxygen atoms in total. The molecule has 0 saturated heterocycles. The van der Waals surface area contributed by atoms with Gasteiger partial charge in [-0.1, -0.05) is 47.5 Å². The summed E-state index contributed by atoms with van der Waals surface area (Å²) in [5.41, 5.74) is 1.43. The van der Waals surface area contributed by atoms with Crippen molar-refractivity contribution in [3.63, 3.8) is 0 Å². The van der Waals surface area contributed by atoms with Gasteiger partial charge in [-0.05, 0) is 30.5 Å². The van der Waals surface area contributed by atoms with Crippen molar-refractivity contribution in [1.29, 1.82) is 0 Å². The van der Waals surface area contributed by atoms with Crippen molar-refractivity contribution in [2.24, 2.45) is 10.4 Å². The number of carboxylic acids is 1. The third-order valence-corrected chi connectivity index (χ3v) is 6.40. The number of carbonyl (C=O) groups is 3. The average molecular weight is 472 g/mol. The molecule has 1 heterocycles. The third-order valence-electron chi connectivity index (χ3n) is 5.83. The summed E-state index contributed by atoms with van der Waals surface area (Å²) in [6.45, 7) is 0. The fourth-order valence-electron chi connectivity index (χ4n) is 3.98. The number of aromatic nitrogens is 1. The zero-order valence-corrected chi connectivity index (χ0v) is 18.4. The minimum absolute atomic E-state index is 0.125. The predicted octanol–water partition coefficient (Wildman–Crippen LogP) is 4.39. The molecule has 1 saturated carbocycles. The van der Waals surface area contributed by atoms with Gasteiger partial charge in [-0.2, -0.15) is 0 Å². The SMILES string of the molecule is O=C(Nc1ccc(C[C@H](N=C2CC(=O)C23CC=CC3)C(=O)O)cc1)c1c(Cl)cncc1Cl. The van der Waals surface area contributed by atoms with E-state index in [2.05, 4.69) is 15.3 Å². The van der Waals surface area contributed by atoms with Crippen molar-refractivity contribution < 1.29 is 19.5 Å². The number of rotatable bonds is 6. The van der Waals surface area contributed by atoms with Crippen LogP contribution in [0.25, 0.3) is 0 Å². The summed E-state index contributed by atoms with van der Waals surface area (Å²) in [5.74, 6) is -1.40. The molecule has 9 heteroatoms. The summed E-state index contributed by atoms with van der Waals surface area (Å²) < 4.78 is 0. The number of pyridine rings is 1. The van der Waals surface area contributed by atoms with Crippen molar-refractivity contribution in [1.82, 2.24) is 4.98 Å². The molecule has 0 aliphatic heterocycles. The molecule has 2 aromatic rings. The van der Waals surface area contributed by atoms with Crippen LogP contribution in [0.2, 0.25) is 10.0 Å². The second-order valence-electron chi connectivity index (χ2n) is 7.82. The largest absolute Gasteiger partial charge is 0.480 e. The van der Waals surface area contributed by atoms with Crippen LogP contribution in [0.1, 0.15) is 35.2 Å². The maximum atomic E-state index is 12.5. The van der Waals surface area contributed by atoms with Crippen LogP contribution in [0, 0.1) is 5.41 Å². The van der Waals surface area contributed by atoms with E-state index in [-0.39, 0.29) is 34.2 Å². The molecule has 32 heavy (non-hydrogen) atoms. The Balaban J connectivity index is 1.45. The highest BCUT2D eigenvalue weighted by atomic mass is 35.5. The number of aliphatic carboxylic acids is 1. The molecular weight excluding hydrogens is 453 g/mol. The Morgan fingerprint density at radius 1 is 1.12 bits per heavy atom. The lowest BCUT2D eigenvalue weighted by Crippen LogP contribution is -2.50. The fraction of sp³-hybridized carbons (Fsp3) is 0.261. The number of Topliss-reactive ketones (excluding diaryl/α,β-unsaturated/α-hetero) is 1. The van der Waals surface area contributed by atoms with E-state index in [1.807, 2.05) is 12.2 Å². The second-order valence-corrected chi connectivity index (χ2v) is 8.64. The Morgan fingerprint density at radius 3 is 2.31 bits per heavy atom. The van der Waals surface area contributed by atoms with E-state index in [0.717, 1.165) is 5.56 Å². The zero-order valence-electron chi connectivity index (χ0n) is 16.8. The Morgan fingerprint density at radius 2 is 1.75 bits per heavy atom. The number of ketones is 1. The van der Waals surface area contributed by atoms with Gasteiger partial charge in [0, 0.05) is 36.6 Å². The molecule has 1 fully saturated rings. The van der Waals surface area contributed by atoms with Crippen LogP contribution < -0.4 is 5.32 Å². The van der Waals surface area contributed by atoms with Crippen LogP contribution in [-0.2, 0) is 16.0 Å². The number of carbonyl (C=O) groups excluding carboxylic acids is 2. The Hall–Kier alpha value is -3.03. The van der Waals surface area contributed by atoms with Gasteiger partial charge in [0.15, 0.2) is 11.8 Å². The first-order valence-corrected chi connectivity index (χ1v) is 10.7. The van der Waals surface area contributed by atoms with Crippen LogP contribution in [0.4, 0.5) is 5.69 Å². The summed E-state index contributed by atoms with van der Waals surface area (Å²) in [7, 11) is 0. The number of hydrogen-bond acceptors (Lipinski definition) is 5. The highest BCUT2D eigenvalue weighted by molar-refractivity contribution is 6.40. The molecule has 0 bridgehead atoms. The topological polar surface area (TPSA) is 109 Å². The molecule has 2 aliphatic rings. The maximum Gasteiger partial charge on any atom is 0.328 e. The third kappa shape index (κ3) is 4.18. The first-order valence-electron chi connectivity index (χ1n) is 9.98. The molecule has 1 aromatic heterocycles. The van der Waals surface area contributed by atoms with Crippen LogP contribution in [-0.4, -0.2) is 39.5 Å². The smallest absolute Gasteiger partial charge is 0.328 e. The van der Waals surface area contributed by atoms with Gasteiger partial charge in [0.05, 0.1) is 21.0 Å². The normalized spacial score (nSPS) is 18.6. The van der Waals surface area contributed by atoms with Gasteiger partial charge in [0.2, 0.25) is 0 Å². The first-order chi connectivity index (χ1) is 15.3. The number of nitrogens with zero attached hydrogens (tertiary/aromatic N) is 2. The van der Waals surface area contributed by atoms with E-state index in [4.69, 9.17) is 23.2 Å². The summed E-state index contributed by atoms with van der Waals surface area (Å²) in [6, 6.07) is 5.79. The summed E-state index contributed by atoms with van der Waals surface area (Å²) in [6.07, 6.45) is 8.14. The number of halogens is 2. The molecule has 1 aromatic carbocycles. The molecule has 164 valence electrons. The standard InChI is InChI=1S/C23H19Cl2N3O4/c24-15-11-26-12-16(25)20(15)21(30)27-14-5-3-13(4-6-14)9-17(22(31)32)28-18-10-19(29)23(18)7-1-2-8-23/h1-6,11-12,17H,7-10H2,(H,27,30)(H,31,32)/t17-/m0/s1. The molecule has 1 amide bonds. The van der Waals surface area contributed by atoms with E-state index in [1.165, 1.54) is 12.4 Å². The summed E-state index contributed by atoms with van der Waals surface area (Å²) in [5, 5.41) is 12.6. The first kappa shape index (κ1) is 22.2. The van der Waals surface area contributed by atoms with Gasteiger partial charge in [-0.3, -0.25) is 19.6 Å². The van der Waals surface area contributed by atoms with E-state index < -0.39 is 23.3 Å². The molecule has 4 rings (SSSR count). The predicted molar refractivity (Wildman–Crippen MR) is 122 cm³/mol. The minimum Gasteiger partial charge on any atom is -0.480 e. The second kappa shape index (κ2) is 8.84. The molecule has 1 atom stereocenters. The minimum atomic E-state index is -1.04. The number of nitrogens with one attached hydrogen (secondary N) is 1. The lowest BCUT2D eigenvalue weighted by atomic mass is 9.64. The van der Waals surface area contributed by atoms with Crippen molar-refractivity contribution >= 4 is 52.3 Å². The number of allylic oxidation sites excluding steroid dienone is 2. The average Bonchev–Trinajstić information content (AvgIpc) is 3.27. The Kier molecular flexibility index (Phi) is 6.13. The van der Waals surface area contributed by atoms with Gasteiger partial charge < -0.3 is 10.4 Å². The van der Waals surface area contributed by atoms with Crippen LogP contribution in [0.3, 0.4) is 0 Å². The van der Waals surface area contributed by atoms with Gasteiger partial charge >= 0.3 is 5.97 Å². The van der Waals surface area contributed by atoms with Crippen molar-refractivity contribution in [3.05, 3.63) is 70.0 Å². The van der Waals surface area contributed by atoms with Gasteiger partial charge in [-0.25, -0.2) is 4.79 Å². The lowest BCUT2D eigenvalue weighted by molar-refractivity contribution is -0.138. The Labute approximate surface area is 194 Å². The van der Waals surface area contributed by atoms with Crippen molar-refractivity contribution in [3.8, 4) is 0 Å².